The first-order chi connectivity index (χ1) is 15.5. The molecule has 2 amide bonds. The number of morpholine rings is 1. The molecule has 0 saturated carbocycles. The maximum absolute atomic E-state index is 13.0. The van der Waals surface area contributed by atoms with Crippen molar-refractivity contribution in [3.05, 3.63) is 17.1 Å². The first-order valence-electron chi connectivity index (χ1n) is 12.2. The van der Waals surface area contributed by atoms with Crippen LogP contribution in [0.15, 0.2) is 0 Å². The van der Waals surface area contributed by atoms with Crippen molar-refractivity contribution in [3.63, 3.8) is 0 Å². The van der Waals surface area contributed by atoms with Crippen LogP contribution in [-0.4, -0.2) is 84.1 Å². The Kier molecular flexibility index (Phi) is 7.40. The Morgan fingerprint density at radius 3 is 2.53 bits per heavy atom. The maximum Gasteiger partial charge on any atom is 0.228 e. The highest BCUT2D eigenvalue weighted by Gasteiger charge is 2.32. The number of fused-ring (bicyclic) bond motifs is 1. The molecule has 0 aromatic carbocycles. The summed E-state index contributed by atoms with van der Waals surface area (Å²) in [5, 5.41) is 0. The first-order valence-corrected chi connectivity index (χ1v) is 12.2. The topological polar surface area (TPSA) is 78.9 Å². The Bertz CT molecular complexity index is 831. The van der Waals surface area contributed by atoms with Crippen molar-refractivity contribution in [3.8, 4) is 0 Å². The van der Waals surface area contributed by atoms with Crippen LogP contribution < -0.4 is 4.90 Å². The van der Waals surface area contributed by atoms with Crippen LogP contribution in [0.2, 0.25) is 0 Å². The van der Waals surface area contributed by atoms with Crippen LogP contribution in [0.4, 0.5) is 5.82 Å². The average molecular weight is 444 g/mol. The zero-order valence-corrected chi connectivity index (χ0v) is 19.8. The summed E-state index contributed by atoms with van der Waals surface area (Å²) >= 11 is 0. The number of nitrogens with zero attached hydrogens (tertiary/aromatic N) is 5. The Morgan fingerprint density at radius 2 is 1.84 bits per heavy atom. The number of anilines is 1. The molecular formula is C24H37N5O3. The summed E-state index contributed by atoms with van der Waals surface area (Å²) in [5.74, 6) is 2.31. The van der Waals surface area contributed by atoms with Gasteiger partial charge in [-0.1, -0.05) is 13.8 Å². The Morgan fingerprint density at radius 1 is 1.12 bits per heavy atom. The fourth-order valence-electron chi connectivity index (χ4n) is 5.16. The SMILES string of the molecule is CCCN1C(=O)CCc2c(C)nc(C3CCN(C(=O)C(C)CN4CCOCC4)CC3)nc21. The molecule has 3 aliphatic heterocycles. The molecule has 0 radical (unpaired) electrons. The molecule has 4 heterocycles. The van der Waals surface area contributed by atoms with E-state index in [4.69, 9.17) is 14.7 Å². The van der Waals surface area contributed by atoms with Gasteiger partial charge in [0.15, 0.2) is 0 Å². The highest BCUT2D eigenvalue weighted by atomic mass is 16.5. The van der Waals surface area contributed by atoms with Gasteiger partial charge in [-0.2, -0.15) is 0 Å². The summed E-state index contributed by atoms with van der Waals surface area (Å²) in [6.45, 7) is 12.5. The predicted molar refractivity (Wildman–Crippen MR) is 123 cm³/mol. The number of hydrogen-bond donors (Lipinski definition) is 0. The van der Waals surface area contributed by atoms with Gasteiger partial charge in [0.2, 0.25) is 11.8 Å². The highest BCUT2D eigenvalue weighted by molar-refractivity contribution is 5.95. The third-order valence-corrected chi connectivity index (χ3v) is 7.03. The van der Waals surface area contributed by atoms with E-state index in [1.54, 1.807) is 0 Å². The monoisotopic (exact) mass is 443 g/mol. The quantitative estimate of drug-likeness (QED) is 0.670. The van der Waals surface area contributed by atoms with Gasteiger partial charge in [-0.15, -0.1) is 0 Å². The van der Waals surface area contributed by atoms with E-state index in [0.717, 1.165) is 94.5 Å². The summed E-state index contributed by atoms with van der Waals surface area (Å²) in [7, 11) is 0. The van der Waals surface area contributed by atoms with Crippen LogP contribution >= 0.6 is 0 Å². The van der Waals surface area contributed by atoms with Crippen molar-refractivity contribution in [1.29, 1.82) is 0 Å². The van der Waals surface area contributed by atoms with Gasteiger partial charge in [-0.25, -0.2) is 9.97 Å². The summed E-state index contributed by atoms with van der Waals surface area (Å²) in [5.41, 5.74) is 2.11. The van der Waals surface area contributed by atoms with Crippen LogP contribution in [0.1, 0.15) is 62.5 Å². The lowest BCUT2D eigenvalue weighted by Gasteiger charge is -2.35. The van der Waals surface area contributed by atoms with Gasteiger partial charge in [0, 0.05) is 68.8 Å². The van der Waals surface area contributed by atoms with Crippen molar-refractivity contribution in [2.45, 2.75) is 58.8 Å². The van der Waals surface area contributed by atoms with Crippen molar-refractivity contribution >= 4 is 17.6 Å². The second kappa shape index (κ2) is 10.3. The van der Waals surface area contributed by atoms with E-state index in [2.05, 4.69) is 11.8 Å². The largest absolute Gasteiger partial charge is 0.379 e. The van der Waals surface area contributed by atoms with Gasteiger partial charge in [-0.3, -0.25) is 19.4 Å². The molecule has 1 atom stereocenters. The second-order valence-electron chi connectivity index (χ2n) is 9.43. The molecule has 176 valence electrons. The highest BCUT2D eigenvalue weighted by Crippen LogP contribution is 2.33. The second-order valence-corrected chi connectivity index (χ2v) is 9.43. The van der Waals surface area contributed by atoms with E-state index < -0.39 is 0 Å². The average Bonchev–Trinajstić information content (AvgIpc) is 2.81. The van der Waals surface area contributed by atoms with E-state index in [9.17, 15) is 9.59 Å². The fraction of sp³-hybridized carbons (Fsp3) is 0.750. The molecule has 8 heteroatoms. The third-order valence-electron chi connectivity index (χ3n) is 7.03. The van der Waals surface area contributed by atoms with Gasteiger partial charge in [0.05, 0.1) is 13.2 Å². The number of piperidine rings is 1. The van der Waals surface area contributed by atoms with Crippen LogP contribution in [-0.2, 0) is 20.7 Å². The molecule has 0 spiro atoms. The number of hydrogen-bond acceptors (Lipinski definition) is 6. The summed E-state index contributed by atoms with van der Waals surface area (Å²) < 4.78 is 5.41. The number of ether oxygens (including phenoxy) is 1. The van der Waals surface area contributed by atoms with E-state index in [1.807, 2.05) is 23.6 Å². The van der Waals surface area contributed by atoms with Gasteiger partial charge in [-0.05, 0) is 32.6 Å². The van der Waals surface area contributed by atoms with Crippen LogP contribution in [0.25, 0.3) is 0 Å². The van der Waals surface area contributed by atoms with Crippen molar-refractivity contribution in [2.24, 2.45) is 5.92 Å². The number of carbonyl (C=O) groups excluding carboxylic acids is 2. The van der Waals surface area contributed by atoms with Gasteiger partial charge in [0.1, 0.15) is 11.6 Å². The summed E-state index contributed by atoms with van der Waals surface area (Å²) in [4.78, 5) is 41.4. The molecule has 1 aromatic heterocycles. The zero-order chi connectivity index (χ0) is 22.7. The van der Waals surface area contributed by atoms with Crippen LogP contribution in [0, 0.1) is 12.8 Å². The number of aryl methyl sites for hydroxylation is 1. The molecule has 8 nitrogen and oxygen atoms in total. The number of carbonyl (C=O) groups is 2. The normalized spacial score (nSPS) is 21.5. The first kappa shape index (κ1) is 23.1. The predicted octanol–water partition coefficient (Wildman–Crippen LogP) is 2.15. The Balaban J connectivity index is 1.39. The lowest BCUT2D eigenvalue weighted by atomic mass is 9.94. The standard InChI is InChI=1S/C24H37N5O3/c1-4-9-29-21(30)6-5-20-18(3)25-22(26-23(20)29)19-7-10-28(11-8-19)24(31)17(2)16-27-12-14-32-15-13-27/h17,19H,4-16H2,1-3H3. The minimum atomic E-state index is 0.000466. The molecule has 0 N–H and O–H groups in total. The summed E-state index contributed by atoms with van der Waals surface area (Å²) in [6, 6.07) is 0. The molecule has 3 aliphatic rings. The van der Waals surface area contributed by atoms with E-state index in [-0.39, 0.29) is 23.7 Å². The third kappa shape index (κ3) is 4.96. The maximum atomic E-state index is 13.0. The molecule has 2 saturated heterocycles. The molecule has 2 fully saturated rings. The van der Waals surface area contributed by atoms with Crippen molar-refractivity contribution < 1.29 is 14.3 Å². The zero-order valence-electron chi connectivity index (χ0n) is 19.8. The van der Waals surface area contributed by atoms with E-state index >= 15 is 0 Å². The summed E-state index contributed by atoms with van der Waals surface area (Å²) in [6.07, 6.45) is 3.92. The number of amides is 2. The molecule has 0 aliphatic carbocycles. The molecule has 1 unspecified atom stereocenters. The minimum Gasteiger partial charge on any atom is -0.379 e. The molecule has 4 rings (SSSR count). The van der Waals surface area contributed by atoms with Gasteiger partial charge >= 0.3 is 0 Å². The van der Waals surface area contributed by atoms with Gasteiger partial charge in [0.25, 0.3) is 0 Å². The fourth-order valence-corrected chi connectivity index (χ4v) is 5.16. The minimum absolute atomic E-state index is 0.000466. The van der Waals surface area contributed by atoms with Gasteiger partial charge < -0.3 is 9.64 Å². The van der Waals surface area contributed by atoms with Crippen molar-refractivity contribution in [2.75, 3.05) is 57.4 Å². The molecule has 1 aromatic rings. The molecular weight excluding hydrogens is 406 g/mol. The Labute approximate surface area is 191 Å². The van der Waals surface area contributed by atoms with E-state index in [0.29, 0.717) is 13.0 Å². The number of aromatic nitrogens is 2. The molecule has 0 bridgehead atoms. The molecule has 32 heavy (non-hydrogen) atoms. The Hall–Kier alpha value is -2.06. The van der Waals surface area contributed by atoms with Crippen LogP contribution in [0.3, 0.4) is 0 Å². The van der Waals surface area contributed by atoms with Crippen LogP contribution in [0.5, 0.6) is 0 Å². The number of likely N-dealkylation sites (tertiary alicyclic amines) is 1. The van der Waals surface area contributed by atoms with E-state index in [1.165, 1.54) is 0 Å². The lowest BCUT2D eigenvalue weighted by Crippen LogP contribution is -2.46. The smallest absolute Gasteiger partial charge is 0.228 e. The lowest BCUT2D eigenvalue weighted by molar-refractivity contribution is -0.137. The van der Waals surface area contributed by atoms with Crippen molar-refractivity contribution in [1.82, 2.24) is 19.8 Å². The number of rotatable bonds is 6.